The quantitative estimate of drug-likeness (QED) is 0.708. The van der Waals surface area contributed by atoms with E-state index >= 15 is 0 Å². The molecule has 1 fully saturated rings. The van der Waals surface area contributed by atoms with Gasteiger partial charge in [-0.25, -0.2) is 13.9 Å². The van der Waals surface area contributed by atoms with Gasteiger partial charge in [0, 0.05) is 11.6 Å². The number of hydrogen-bond acceptors (Lipinski definition) is 4. The predicted molar refractivity (Wildman–Crippen MR) is 98.3 cm³/mol. The van der Waals surface area contributed by atoms with Crippen molar-refractivity contribution in [2.45, 2.75) is 51.7 Å². The Hall–Kier alpha value is -2.67. The lowest BCUT2D eigenvalue weighted by Gasteiger charge is -2.05. The highest BCUT2D eigenvalue weighted by Crippen LogP contribution is 2.07. The molecule has 0 saturated carbocycles. The fraction of sp³-hybridized carbons (Fsp3) is 0.450. The van der Waals surface area contributed by atoms with Crippen molar-refractivity contribution in [3.8, 4) is 0 Å². The van der Waals surface area contributed by atoms with Gasteiger partial charge in [0.2, 0.25) is 6.33 Å². The molecule has 27 heavy (non-hydrogen) atoms. The molecule has 2 heterocycles. The van der Waals surface area contributed by atoms with E-state index in [1.807, 2.05) is 0 Å². The molecule has 1 saturated heterocycles. The van der Waals surface area contributed by atoms with E-state index in [9.17, 15) is 14.7 Å². The molecule has 0 bridgehead atoms. The van der Waals surface area contributed by atoms with Crippen LogP contribution in [0.15, 0.2) is 43.0 Å². The number of carboxylic acids is 2. The third kappa shape index (κ3) is 6.53. The van der Waals surface area contributed by atoms with Crippen LogP contribution in [0.5, 0.6) is 0 Å². The lowest BCUT2D eigenvalue weighted by molar-refractivity contribution is -0.698. The molecule has 0 aliphatic carbocycles. The Morgan fingerprint density at radius 1 is 1.33 bits per heavy atom. The maximum absolute atomic E-state index is 10.4. The summed E-state index contributed by atoms with van der Waals surface area (Å²) in [6.07, 6.45) is 11.8. The van der Waals surface area contributed by atoms with Crippen LogP contribution < -0.4 is 15.0 Å². The van der Waals surface area contributed by atoms with Crippen molar-refractivity contribution in [3.63, 3.8) is 0 Å². The number of aromatic nitrogens is 2. The minimum Gasteiger partial charge on any atom is -0.545 e. The Morgan fingerprint density at radius 2 is 2.07 bits per heavy atom. The second-order valence-electron chi connectivity index (χ2n) is 6.63. The number of unbranched alkanes of at least 4 members (excludes halogenated alkanes) is 1. The first-order valence-corrected chi connectivity index (χ1v) is 9.33. The lowest BCUT2D eigenvalue weighted by atomic mass is 10.1. The van der Waals surface area contributed by atoms with E-state index in [2.05, 4.69) is 40.1 Å². The molecule has 2 aromatic rings. The summed E-state index contributed by atoms with van der Waals surface area (Å²) in [6, 6.07) is 6.00. The third-order valence-electron chi connectivity index (χ3n) is 4.49. The summed E-state index contributed by atoms with van der Waals surface area (Å²) < 4.78 is 4.59. The standard InChI is InChI=1S/C12H22N3.C8H6O4/c1-2-3-7-14-8-9-15(11-14)10-12-5-4-6-13-12;9-7(10)5-3-1-2-4-6(5)8(11)12/h8-9,11-13H,2-7,10H2,1H3;1-4H,(H,9,10)(H,11,12)/q+1;/p-1/t12-;/m0./s1. The van der Waals surface area contributed by atoms with E-state index in [1.165, 1.54) is 56.5 Å². The van der Waals surface area contributed by atoms with Crippen LogP contribution in [-0.4, -0.2) is 34.2 Å². The van der Waals surface area contributed by atoms with E-state index in [0.717, 1.165) is 13.1 Å². The van der Waals surface area contributed by atoms with E-state index in [-0.39, 0.29) is 11.1 Å². The maximum atomic E-state index is 10.4. The first-order valence-electron chi connectivity index (χ1n) is 9.33. The second kappa shape index (κ2) is 10.5. The Morgan fingerprint density at radius 3 is 2.63 bits per heavy atom. The van der Waals surface area contributed by atoms with E-state index in [1.54, 1.807) is 0 Å². The molecule has 0 radical (unpaired) electrons. The number of benzene rings is 1. The number of imidazole rings is 1. The van der Waals surface area contributed by atoms with Crippen molar-refractivity contribution in [2.75, 3.05) is 6.54 Å². The van der Waals surface area contributed by atoms with Gasteiger partial charge in [-0.05, 0) is 31.9 Å². The third-order valence-corrected chi connectivity index (χ3v) is 4.49. The van der Waals surface area contributed by atoms with Gasteiger partial charge in [-0.2, -0.15) is 0 Å². The largest absolute Gasteiger partial charge is 0.545 e. The van der Waals surface area contributed by atoms with Gasteiger partial charge < -0.3 is 20.3 Å². The SMILES string of the molecule is CCCCn1cc[n+](C[C@@H]2CCCN2)c1.O=C([O-])c1ccccc1C(=O)O. The number of aryl methyl sites for hydroxylation is 1. The summed E-state index contributed by atoms with van der Waals surface area (Å²) in [4.78, 5) is 20.8. The van der Waals surface area contributed by atoms with E-state index in [0.29, 0.717) is 6.04 Å². The van der Waals surface area contributed by atoms with Crippen molar-refractivity contribution < 1.29 is 24.4 Å². The summed E-state index contributed by atoms with van der Waals surface area (Å²) in [5, 5.41) is 22.4. The summed E-state index contributed by atoms with van der Waals surface area (Å²) in [5.41, 5.74) is -0.553. The average Bonchev–Trinajstić information content (AvgIpc) is 3.33. The van der Waals surface area contributed by atoms with Crippen LogP contribution in [0.4, 0.5) is 0 Å². The van der Waals surface area contributed by atoms with Crippen molar-refractivity contribution >= 4 is 11.9 Å². The minimum atomic E-state index is -1.48. The molecular formula is C20H27N3O4. The Bertz CT molecular complexity index is 718. The van der Waals surface area contributed by atoms with Gasteiger partial charge in [0.25, 0.3) is 0 Å². The van der Waals surface area contributed by atoms with Crippen molar-refractivity contribution in [3.05, 3.63) is 54.1 Å². The molecule has 1 aliphatic heterocycles. The normalized spacial score (nSPS) is 15.8. The highest BCUT2D eigenvalue weighted by molar-refractivity contribution is 6.00. The molecule has 3 rings (SSSR count). The van der Waals surface area contributed by atoms with Gasteiger partial charge in [0.1, 0.15) is 18.9 Å². The summed E-state index contributed by atoms with van der Waals surface area (Å²) in [6.45, 7) is 5.71. The Kier molecular flexibility index (Phi) is 8.00. The number of carboxylic acid groups (broad SMARTS) is 2. The zero-order valence-electron chi connectivity index (χ0n) is 15.6. The topological polar surface area (TPSA) is 98.3 Å². The van der Waals surface area contributed by atoms with Crippen LogP contribution >= 0.6 is 0 Å². The summed E-state index contributed by atoms with van der Waals surface area (Å²) in [5.74, 6) is -2.75. The zero-order valence-corrected chi connectivity index (χ0v) is 15.6. The lowest BCUT2D eigenvalue weighted by Crippen LogP contribution is -2.41. The van der Waals surface area contributed by atoms with Crippen molar-refractivity contribution in [2.24, 2.45) is 0 Å². The number of hydrogen-bond donors (Lipinski definition) is 2. The van der Waals surface area contributed by atoms with Crippen LogP contribution in [0.1, 0.15) is 53.3 Å². The minimum absolute atomic E-state index is 0.252. The number of aromatic carboxylic acids is 2. The van der Waals surface area contributed by atoms with Crippen LogP contribution in [-0.2, 0) is 13.1 Å². The predicted octanol–water partition coefficient (Wildman–Crippen LogP) is 1.08. The summed E-state index contributed by atoms with van der Waals surface area (Å²) in [7, 11) is 0. The second-order valence-corrected chi connectivity index (χ2v) is 6.63. The molecule has 2 N–H and O–H groups in total. The summed E-state index contributed by atoms with van der Waals surface area (Å²) >= 11 is 0. The molecule has 0 unspecified atom stereocenters. The molecule has 7 heteroatoms. The number of carbonyl (C=O) groups is 2. The fourth-order valence-electron chi connectivity index (χ4n) is 3.03. The van der Waals surface area contributed by atoms with Crippen LogP contribution in [0.25, 0.3) is 0 Å². The first-order chi connectivity index (χ1) is 13.0. The number of nitrogens with zero attached hydrogens (tertiary/aromatic N) is 2. The van der Waals surface area contributed by atoms with Crippen LogP contribution in [0.2, 0.25) is 0 Å². The number of rotatable bonds is 7. The van der Waals surface area contributed by atoms with Gasteiger partial charge in [-0.3, -0.25) is 0 Å². The van der Waals surface area contributed by atoms with Gasteiger partial charge in [-0.1, -0.05) is 31.5 Å². The molecule has 7 nitrogen and oxygen atoms in total. The average molecular weight is 373 g/mol. The van der Waals surface area contributed by atoms with Gasteiger partial charge >= 0.3 is 5.97 Å². The molecule has 1 aromatic carbocycles. The first kappa shape index (κ1) is 20.6. The molecule has 1 aromatic heterocycles. The van der Waals surface area contributed by atoms with Gasteiger partial charge in [0.15, 0.2) is 0 Å². The van der Waals surface area contributed by atoms with Gasteiger partial charge in [-0.15, -0.1) is 0 Å². The highest BCUT2D eigenvalue weighted by atomic mass is 16.4. The van der Waals surface area contributed by atoms with Gasteiger partial charge in [0.05, 0.1) is 18.1 Å². The molecule has 1 aliphatic rings. The van der Waals surface area contributed by atoms with E-state index in [4.69, 9.17) is 5.11 Å². The monoisotopic (exact) mass is 373 g/mol. The number of nitrogens with one attached hydrogen (secondary N) is 1. The Labute approximate surface area is 159 Å². The zero-order chi connectivity index (χ0) is 19.6. The fourth-order valence-corrected chi connectivity index (χ4v) is 3.03. The Balaban J connectivity index is 0.000000199. The van der Waals surface area contributed by atoms with E-state index < -0.39 is 11.9 Å². The molecular weight excluding hydrogens is 346 g/mol. The molecule has 1 atom stereocenters. The van der Waals surface area contributed by atoms with Crippen molar-refractivity contribution in [1.82, 2.24) is 9.88 Å². The molecule has 0 spiro atoms. The smallest absolute Gasteiger partial charge is 0.336 e. The van der Waals surface area contributed by atoms with Crippen LogP contribution in [0, 0.1) is 0 Å². The molecule has 146 valence electrons. The molecule has 0 amide bonds. The highest BCUT2D eigenvalue weighted by Gasteiger charge is 2.17. The van der Waals surface area contributed by atoms with Crippen molar-refractivity contribution in [1.29, 1.82) is 0 Å². The van der Waals surface area contributed by atoms with Crippen LogP contribution in [0.3, 0.4) is 0 Å². The maximum Gasteiger partial charge on any atom is 0.336 e. The number of carbonyl (C=O) groups excluding carboxylic acids is 1.